The van der Waals surface area contributed by atoms with Crippen LogP contribution >= 0.6 is 0 Å². The molecule has 0 aliphatic heterocycles. The van der Waals surface area contributed by atoms with Crippen LogP contribution < -0.4 is 0 Å². The Bertz CT molecular complexity index is 8.00. The summed E-state index contributed by atoms with van der Waals surface area (Å²) in [5.74, 6) is 0. The van der Waals surface area contributed by atoms with Crippen molar-refractivity contribution < 1.29 is 58.4 Å². The van der Waals surface area contributed by atoms with E-state index in [1.54, 1.807) is 0 Å². The van der Waals surface area contributed by atoms with Gasteiger partial charge in [-0.3, -0.25) is 0 Å². The fraction of sp³-hybridized carbons (Fsp3) is 0. The van der Waals surface area contributed by atoms with E-state index in [0.29, 0.717) is 0 Å². The van der Waals surface area contributed by atoms with Crippen LogP contribution in [0.25, 0.3) is 0 Å². The molecule has 0 heterocycles. The second kappa shape index (κ2) is 24.0. The maximum atomic E-state index is 7.94. The molecule has 0 saturated heterocycles. The summed E-state index contributed by atoms with van der Waals surface area (Å²) >= 11 is 2.31. The summed E-state index contributed by atoms with van der Waals surface area (Å²) in [7, 11) is 0. The van der Waals surface area contributed by atoms with E-state index < -0.39 is 0 Å². The van der Waals surface area contributed by atoms with Crippen molar-refractivity contribution in [3.05, 3.63) is 0 Å². The van der Waals surface area contributed by atoms with Crippen molar-refractivity contribution in [3.63, 3.8) is 0 Å². The van der Waals surface area contributed by atoms with Gasteiger partial charge in [0.05, 0.1) is 0 Å². The Labute approximate surface area is 58.1 Å². The molecular formula is AuCoNiO. The van der Waals surface area contributed by atoms with Gasteiger partial charge in [-0.25, -0.2) is 0 Å². The zero-order chi connectivity index (χ0) is 2.00. The van der Waals surface area contributed by atoms with Crippen molar-refractivity contribution in [1.82, 2.24) is 0 Å². The van der Waals surface area contributed by atoms with E-state index in [0.717, 1.165) is 0 Å². The molecule has 0 aromatic heterocycles. The average Bonchev–Trinajstić information content (AvgIpc) is 1.00. The van der Waals surface area contributed by atoms with Crippen molar-refractivity contribution in [2.45, 2.75) is 0 Å². The summed E-state index contributed by atoms with van der Waals surface area (Å²) in [5.41, 5.74) is 0. The fourth-order valence-electron chi connectivity index (χ4n) is 0. The first kappa shape index (κ1) is 17.7. The molecule has 4 heteroatoms. The standard InChI is InChI=1S/Au.Co.Ni.O. The van der Waals surface area contributed by atoms with E-state index >= 15 is 0 Å². The first-order valence-corrected chi connectivity index (χ1v) is 0.561. The average molecular weight is 331 g/mol. The zero-order valence-corrected chi connectivity index (χ0v) is 5.55. The summed E-state index contributed by atoms with van der Waals surface area (Å²) < 4.78 is 7.94. The van der Waals surface area contributed by atoms with Gasteiger partial charge in [0.1, 0.15) is 0 Å². The summed E-state index contributed by atoms with van der Waals surface area (Å²) in [6.07, 6.45) is 0. The van der Waals surface area contributed by atoms with E-state index in [1.807, 2.05) is 0 Å². The Hall–Kier alpha value is 1.54. The summed E-state index contributed by atoms with van der Waals surface area (Å²) in [6.45, 7) is 0. The van der Waals surface area contributed by atoms with E-state index in [4.69, 9.17) is 3.87 Å². The maximum absolute atomic E-state index is 7.94. The Morgan fingerprint density at radius 2 is 1.25 bits per heavy atom. The van der Waals surface area contributed by atoms with Gasteiger partial charge in [-0.05, 0) is 0 Å². The third kappa shape index (κ3) is 9.63. The molecule has 36 valence electrons. The minimum absolute atomic E-state index is 0. The minimum atomic E-state index is 0. The van der Waals surface area contributed by atoms with Gasteiger partial charge in [-0.2, -0.15) is 0 Å². The molecule has 0 unspecified atom stereocenters. The molecule has 0 aromatic rings. The van der Waals surface area contributed by atoms with Crippen molar-refractivity contribution in [2.24, 2.45) is 0 Å². The van der Waals surface area contributed by atoms with Crippen molar-refractivity contribution >= 4 is 0 Å². The molecule has 1 nitrogen and oxygen atoms in total. The predicted molar refractivity (Wildman–Crippen MR) is 0.686 cm³/mol. The van der Waals surface area contributed by atoms with Gasteiger partial charge in [0, 0.05) is 38.9 Å². The van der Waals surface area contributed by atoms with Gasteiger partial charge in [-0.15, -0.1) is 0 Å². The summed E-state index contributed by atoms with van der Waals surface area (Å²) in [5, 5.41) is 0. The van der Waals surface area contributed by atoms with Crippen LogP contribution in [-0.2, 0) is 58.4 Å². The van der Waals surface area contributed by atoms with Gasteiger partial charge < -0.3 is 0 Å². The van der Waals surface area contributed by atoms with Crippen LogP contribution in [0.5, 0.6) is 0 Å². The number of hydrogen-bond acceptors (Lipinski definition) is 1. The SMILES string of the molecule is [Au].[Ni].[O]=[Co]. The molecule has 1 radical (unpaired) electrons. The van der Waals surface area contributed by atoms with Gasteiger partial charge >= 0.3 is 19.5 Å². The van der Waals surface area contributed by atoms with Crippen molar-refractivity contribution in [2.75, 3.05) is 0 Å². The second-order valence-corrected chi connectivity index (χ2v) is 0. The molecule has 0 aromatic carbocycles. The van der Waals surface area contributed by atoms with Crippen LogP contribution in [0.1, 0.15) is 0 Å². The molecule has 0 aliphatic carbocycles. The van der Waals surface area contributed by atoms with E-state index in [-0.39, 0.29) is 38.9 Å². The van der Waals surface area contributed by atoms with Crippen molar-refractivity contribution in [1.29, 1.82) is 0 Å². The van der Waals surface area contributed by atoms with Gasteiger partial charge in [-0.1, -0.05) is 0 Å². The summed E-state index contributed by atoms with van der Waals surface area (Å²) in [6, 6.07) is 0. The molecule has 0 saturated carbocycles. The zero-order valence-electron chi connectivity index (χ0n) is 1.36. The quantitative estimate of drug-likeness (QED) is 0.566. The normalized spacial score (nSPS) is 1.25. The van der Waals surface area contributed by atoms with E-state index in [2.05, 4.69) is 15.7 Å². The van der Waals surface area contributed by atoms with Crippen molar-refractivity contribution in [3.8, 4) is 0 Å². The monoisotopic (exact) mass is 330 g/mol. The van der Waals surface area contributed by atoms with E-state index in [9.17, 15) is 0 Å². The van der Waals surface area contributed by atoms with Crippen LogP contribution in [-0.4, -0.2) is 0 Å². The first-order chi connectivity index (χ1) is 1.00. The molecule has 4 heavy (non-hydrogen) atoms. The molecule has 0 amide bonds. The second-order valence-electron chi connectivity index (χ2n) is 0. The van der Waals surface area contributed by atoms with Crippen LogP contribution in [0.4, 0.5) is 0 Å². The van der Waals surface area contributed by atoms with Crippen LogP contribution in [0.3, 0.4) is 0 Å². The fourth-order valence-corrected chi connectivity index (χ4v) is 0. The summed E-state index contributed by atoms with van der Waals surface area (Å²) in [4.78, 5) is 0. The van der Waals surface area contributed by atoms with Crippen LogP contribution in [0.2, 0.25) is 0 Å². The van der Waals surface area contributed by atoms with Gasteiger partial charge in [0.2, 0.25) is 0 Å². The molecule has 0 rings (SSSR count). The molecule has 0 aliphatic rings. The molecular weight excluding hydrogens is 331 g/mol. The Kier molecular flexibility index (Phi) is 106. The van der Waals surface area contributed by atoms with E-state index in [1.165, 1.54) is 0 Å². The Morgan fingerprint density at radius 1 is 1.25 bits per heavy atom. The number of hydrogen-bond donors (Lipinski definition) is 0. The van der Waals surface area contributed by atoms with Crippen LogP contribution in [0, 0.1) is 0 Å². The molecule has 0 N–H and O–H groups in total. The van der Waals surface area contributed by atoms with Gasteiger partial charge in [0.15, 0.2) is 0 Å². The molecule has 0 atom stereocenters. The predicted octanol–water partition coefficient (Wildman–Crippen LogP) is -0.126. The molecule has 0 spiro atoms. The first-order valence-electron chi connectivity index (χ1n) is 0.136. The third-order valence-electron chi connectivity index (χ3n) is 0. The Morgan fingerprint density at radius 3 is 1.25 bits per heavy atom. The topological polar surface area (TPSA) is 17.1 Å². The molecule has 0 bridgehead atoms. The van der Waals surface area contributed by atoms with Crippen LogP contribution in [0.15, 0.2) is 0 Å². The van der Waals surface area contributed by atoms with Gasteiger partial charge in [0.25, 0.3) is 0 Å². The number of rotatable bonds is 0. The molecule has 0 fully saturated rings. The third-order valence-corrected chi connectivity index (χ3v) is 0. The Balaban J connectivity index is -0.00000000500.